The molecule has 5 heterocycles. The molecule has 3 aromatic carbocycles. The average Bonchev–Trinajstić information content (AvgIpc) is 4.09. The van der Waals surface area contributed by atoms with Crippen molar-refractivity contribution in [1.29, 1.82) is 5.26 Å². The number of thiophene rings is 1. The Balaban J connectivity index is 0.999. The second-order valence-electron chi connectivity index (χ2n) is 18.4. The fraction of sp³-hybridized carbons (Fsp3) is 0.353. The number of thiazole rings is 1. The van der Waals surface area contributed by atoms with Crippen LogP contribution in [0, 0.1) is 44.4 Å². The SMILES string of the molecule is COC(=O)C[C@@H]1N=C(c2ccc(-c3ccc(C(=O)N[C@H](C(=O)N4C[C@H](O)C[C@H]4C(=O)N[C@@H](C)c4ccc(-c5scnc5C)cc4)C(C)(C)C)c(C#N)c3)cc2)c2c(sc(C)c2C)-n2c(C)nnc21. The number of ether oxygens (including phenoxy) is 1. The maximum Gasteiger partial charge on any atom is 0.308 e. The predicted molar refractivity (Wildman–Crippen MR) is 261 cm³/mol. The third-order valence-electron chi connectivity index (χ3n) is 12.7. The largest absolute Gasteiger partial charge is 0.469 e. The normalized spacial score (nSPS) is 17.5. The lowest BCUT2D eigenvalue weighted by Crippen LogP contribution is -2.57. The van der Waals surface area contributed by atoms with Crippen LogP contribution < -0.4 is 10.6 Å². The minimum atomic E-state index is -1.11. The first-order chi connectivity index (χ1) is 32.4. The summed E-state index contributed by atoms with van der Waals surface area (Å²) in [6, 6.07) is 19.6. The van der Waals surface area contributed by atoms with Gasteiger partial charge in [-0.05, 0) is 80.0 Å². The monoisotopic (exact) mass is 951 g/mol. The Hall–Kier alpha value is -6.87. The zero-order valence-corrected chi connectivity index (χ0v) is 41.0. The number of nitrogens with zero attached hydrogens (tertiary/aromatic N) is 7. The van der Waals surface area contributed by atoms with Gasteiger partial charge in [-0.1, -0.05) is 75.4 Å². The lowest BCUT2D eigenvalue weighted by atomic mass is 9.85. The minimum absolute atomic E-state index is 0.0192. The van der Waals surface area contributed by atoms with E-state index in [1.807, 2.05) is 100 Å². The van der Waals surface area contributed by atoms with E-state index >= 15 is 0 Å². The highest BCUT2D eigenvalue weighted by Gasteiger charge is 2.45. The molecule has 17 heteroatoms. The first-order valence-electron chi connectivity index (χ1n) is 22.3. The van der Waals surface area contributed by atoms with Gasteiger partial charge in [0.1, 0.15) is 29.0 Å². The highest BCUT2D eigenvalue weighted by molar-refractivity contribution is 7.15. The van der Waals surface area contributed by atoms with Crippen LogP contribution in [0.5, 0.6) is 0 Å². The van der Waals surface area contributed by atoms with Gasteiger partial charge in [0.25, 0.3) is 5.91 Å². The molecule has 3 aromatic heterocycles. The van der Waals surface area contributed by atoms with Crippen molar-refractivity contribution in [2.75, 3.05) is 13.7 Å². The Bertz CT molecular complexity index is 3010. The lowest BCUT2D eigenvalue weighted by Gasteiger charge is -2.35. The zero-order chi connectivity index (χ0) is 48.8. The van der Waals surface area contributed by atoms with Gasteiger partial charge in [0, 0.05) is 29.0 Å². The summed E-state index contributed by atoms with van der Waals surface area (Å²) < 4.78 is 7.00. The van der Waals surface area contributed by atoms with Crippen LogP contribution in [0.3, 0.4) is 0 Å². The van der Waals surface area contributed by atoms with Crippen molar-refractivity contribution < 1.29 is 29.0 Å². The summed E-state index contributed by atoms with van der Waals surface area (Å²) in [5.74, 6) is -0.731. The molecule has 0 aliphatic carbocycles. The molecule has 1 saturated heterocycles. The van der Waals surface area contributed by atoms with Crippen molar-refractivity contribution in [3.63, 3.8) is 0 Å². The third kappa shape index (κ3) is 9.23. The van der Waals surface area contributed by atoms with E-state index in [1.165, 1.54) is 12.0 Å². The summed E-state index contributed by atoms with van der Waals surface area (Å²) in [5.41, 5.74) is 8.99. The highest BCUT2D eigenvalue weighted by Crippen LogP contribution is 2.40. The van der Waals surface area contributed by atoms with Crippen molar-refractivity contribution in [1.82, 2.24) is 35.3 Å². The fourth-order valence-corrected chi connectivity index (χ4v) is 10.9. The number of amides is 3. The van der Waals surface area contributed by atoms with E-state index in [0.717, 1.165) is 53.8 Å². The number of aliphatic imine (C=N–C) groups is 1. The van der Waals surface area contributed by atoms with Crippen molar-refractivity contribution in [2.24, 2.45) is 10.4 Å². The standard InChI is InChI=1S/C51H53N9O6S2/c1-26-29(4)68-50-42(26)43(55-39(22-41(62)66-9)46-58-57-30(5)60(46)50)33-14-12-32(13-15-33)35-18-19-38(36(20-35)23-52)47(63)56-45(51(6,7)8)49(65)59-24-37(61)21-40(59)48(64)54-27(2)31-10-16-34(17-11-31)44-28(3)53-25-67-44/h10-20,25,27,37,39-40,45,61H,21-22,24H2,1-9H3,(H,54,64)(H,56,63)/t27-,37+,39-,40-,45+/m0/s1. The number of benzene rings is 3. The second kappa shape index (κ2) is 19.0. The first-order valence-corrected chi connectivity index (χ1v) is 24.0. The van der Waals surface area contributed by atoms with Crippen LogP contribution in [-0.2, 0) is 19.1 Å². The molecule has 6 aromatic rings. The molecular formula is C51H53N9O6S2. The Kier molecular flexibility index (Phi) is 13.3. The number of nitriles is 1. The molecule has 0 unspecified atom stereocenters. The van der Waals surface area contributed by atoms with Crippen molar-refractivity contribution in [2.45, 2.75) is 98.5 Å². The molecular weight excluding hydrogens is 899 g/mol. The Morgan fingerprint density at radius 3 is 2.26 bits per heavy atom. The number of aromatic nitrogens is 4. The summed E-state index contributed by atoms with van der Waals surface area (Å²) >= 11 is 3.18. The number of aryl methyl sites for hydroxylation is 3. The first kappa shape index (κ1) is 47.6. The molecule has 2 aliphatic heterocycles. The van der Waals surface area contributed by atoms with Gasteiger partial charge < -0.3 is 25.4 Å². The van der Waals surface area contributed by atoms with Crippen LogP contribution in [0.2, 0.25) is 0 Å². The van der Waals surface area contributed by atoms with Crippen LogP contribution in [-0.4, -0.2) is 91.0 Å². The quantitative estimate of drug-likeness (QED) is 0.108. The number of likely N-dealkylation sites (tertiary alicyclic amines) is 1. The topological polar surface area (TPSA) is 205 Å². The molecule has 1 fully saturated rings. The molecule has 3 amide bonds. The van der Waals surface area contributed by atoms with Gasteiger partial charge >= 0.3 is 5.97 Å². The van der Waals surface area contributed by atoms with E-state index in [9.17, 15) is 29.5 Å². The summed E-state index contributed by atoms with van der Waals surface area (Å²) in [4.78, 5) is 68.0. The number of rotatable bonds is 11. The van der Waals surface area contributed by atoms with E-state index in [0.29, 0.717) is 22.9 Å². The van der Waals surface area contributed by atoms with Crippen LogP contribution in [0.15, 0.2) is 77.2 Å². The van der Waals surface area contributed by atoms with Gasteiger partial charge in [0.05, 0.1) is 64.7 Å². The van der Waals surface area contributed by atoms with Gasteiger partial charge in [-0.25, -0.2) is 4.98 Å². The Morgan fingerprint density at radius 2 is 1.62 bits per heavy atom. The average molecular weight is 952 g/mol. The Morgan fingerprint density at radius 1 is 0.941 bits per heavy atom. The molecule has 0 spiro atoms. The number of hydrogen-bond donors (Lipinski definition) is 3. The van der Waals surface area contributed by atoms with Gasteiger partial charge in [-0.2, -0.15) is 5.26 Å². The minimum Gasteiger partial charge on any atom is -0.469 e. The number of fused-ring (bicyclic) bond motifs is 3. The maximum atomic E-state index is 14.4. The molecule has 3 N–H and O–H groups in total. The van der Waals surface area contributed by atoms with Gasteiger partial charge in [0.15, 0.2) is 5.82 Å². The van der Waals surface area contributed by atoms with Gasteiger partial charge in [-0.15, -0.1) is 32.9 Å². The maximum absolute atomic E-state index is 14.4. The van der Waals surface area contributed by atoms with Gasteiger partial charge in [-0.3, -0.25) is 28.7 Å². The van der Waals surface area contributed by atoms with Gasteiger partial charge in [0.2, 0.25) is 11.8 Å². The summed E-state index contributed by atoms with van der Waals surface area (Å²) in [6.45, 7) is 15.2. The van der Waals surface area contributed by atoms with E-state index in [2.05, 4.69) is 45.7 Å². The number of aliphatic hydroxyl groups is 1. The molecule has 350 valence electrons. The van der Waals surface area contributed by atoms with Crippen molar-refractivity contribution in [3.05, 3.63) is 128 Å². The van der Waals surface area contributed by atoms with Crippen molar-refractivity contribution in [3.8, 4) is 32.6 Å². The third-order valence-corrected chi connectivity index (χ3v) is 14.9. The molecule has 0 saturated carbocycles. The predicted octanol–water partition coefficient (Wildman–Crippen LogP) is 7.66. The summed E-state index contributed by atoms with van der Waals surface area (Å²) in [6.07, 6.45) is -0.914. The smallest absolute Gasteiger partial charge is 0.308 e. The van der Waals surface area contributed by atoms with Crippen molar-refractivity contribution >= 4 is 52.1 Å². The number of methoxy groups -OCH3 is 1. The van der Waals surface area contributed by atoms with Crippen LogP contribution in [0.1, 0.15) is 113 Å². The zero-order valence-electron chi connectivity index (χ0n) is 39.4. The summed E-state index contributed by atoms with van der Waals surface area (Å²) in [5, 5.41) is 36.8. The number of hydrogen-bond acceptors (Lipinski definition) is 13. The van der Waals surface area contributed by atoms with Crippen LogP contribution in [0.25, 0.3) is 26.6 Å². The van der Waals surface area contributed by atoms with Crippen LogP contribution in [0.4, 0.5) is 0 Å². The molecule has 0 bridgehead atoms. The second-order valence-corrected chi connectivity index (χ2v) is 20.5. The summed E-state index contributed by atoms with van der Waals surface area (Å²) in [7, 11) is 1.35. The number of nitrogens with one attached hydrogen (secondary N) is 2. The van der Waals surface area contributed by atoms with E-state index in [-0.39, 0.29) is 30.5 Å². The van der Waals surface area contributed by atoms with E-state index in [1.54, 1.807) is 40.9 Å². The van der Waals surface area contributed by atoms with E-state index < -0.39 is 59.4 Å². The number of esters is 1. The number of carbonyl (C=O) groups excluding carboxylic acids is 4. The molecule has 2 aliphatic rings. The number of aliphatic hydroxyl groups excluding tert-OH is 1. The molecule has 8 rings (SSSR count). The van der Waals surface area contributed by atoms with Crippen LogP contribution >= 0.6 is 22.7 Å². The van der Waals surface area contributed by atoms with E-state index in [4.69, 9.17) is 9.73 Å². The lowest BCUT2D eigenvalue weighted by molar-refractivity contribution is -0.142. The highest BCUT2D eigenvalue weighted by atomic mass is 32.1. The Labute approximate surface area is 402 Å². The number of carbonyl (C=O) groups is 4. The molecule has 5 atom stereocenters. The fourth-order valence-electron chi connectivity index (χ4n) is 8.83. The number of β-amino-alcohol motifs (C(OH)–C–C–N with tert-alkyl or cyclic N) is 1. The molecule has 68 heavy (non-hydrogen) atoms. The molecule has 0 radical (unpaired) electrons. The molecule has 15 nitrogen and oxygen atoms in total.